The van der Waals surface area contributed by atoms with Gasteiger partial charge in [0.05, 0.1) is 5.56 Å². The van der Waals surface area contributed by atoms with Crippen molar-refractivity contribution in [3.63, 3.8) is 0 Å². The molecule has 0 N–H and O–H groups in total. The summed E-state index contributed by atoms with van der Waals surface area (Å²) in [5.41, 5.74) is 1.31. The zero-order valence-corrected chi connectivity index (χ0v) is 19.0. The molecule has 1 saturated carbocycles. The van der Waals surface area contributed by atoms with Crippen LogP contribution < -0.4 is 0 Å². The zero-order valence-electron chi connectivity index (χ0n) is 17.4. The maximum absolute atomic E-state index is 13.3. The maximum atomic E-state index is 13.3. The summed E-state index contributed by atoms with van der Waals surface area (Å²) in [5.74, 6) is -0.783. The highest BCUT2D eigenvalue weighted by molar-refractivity contribution is 7.90. The first-order valence-corrected chi connectivity index (χ1v) is 11.9. The highest BCUT2D eigenvalue weighted by atomic mass is 35.5. The molecule has 9 heteroatoms. The number of carbonyl (C=O) groups excluding carboxylic acids is 2. The normalized spacial score (nSPS) is 17.2. The van der Waals surface area contributed by atoms with Crippen molar-refractivity contribution < 1.29 is 18.0 Å². The average Bonchev–Trinajstić information content (AvgIpc) is 3.53. The minimum atomic E-state index is -3.91. The van der Waals surface area contributed by atoms with Crippen molar-refractivity contribution in [1.82, 2.24) is 14.1 Å². The fourth-order valence-corrected chi connectivity index (χ4v) is 5.58. The van der Waals surface area contributed by atoms with E-state index in [9.17, 15) is 18.0 Å². The van der Waals surface area contributed by atoms with Gasteiger partial charge in [-0.15, -0.1) is 0 Å². The van der Waals surface area contributed by atoms with E-state index in [1.165, 1.54) is 18.2 Å². The molecule has 2 aromatic carbocycles. The van der Waals surface area contributed by atoms with Gasteiger partial charge in [0.25, 0.3) is 21.8 Å². The van der Waals surface area contributed by atoms with Crippen LogP contribution in [-0.4, -0.2) is 67.6 Å². The van der Waals surface area contributed by atoms with E-state index in [1.807, 2.05) is 31.1 Å². The standard InChI is InChI=1S/C22H24ClN3O4S/c1-24(2)11-12-25(14-15-3-6-17(23)7-4-15)21(27)16-5-10-19-20(13-16)31(29,30)26(22(19)28)18-8-9-18/h3-7,10,13,18H,8-9,11-12,14H2,1-2H3. The summed E-state index contributed by atoms with van der Waals surface area (Å²) in [6, 6.07) is 11.3. The molecule has 164 valence electrons. The molecule has 0 radical (unpaired) electrons. The molecule has 0 bridgehead atoms. The summed E-state index contributed by atoms with van der Waals surface area (Å²) in [4.78, 5) is 29.5. The quantitative estimate of drug-likeness (QED) is 0.633. The van der Waals surface area contributed by atoms with E-state index in [0.717, 1.165) is 9.87 Å². The van der Waals surface area contributed by atoms with Crippen molar-refractivity contribution in [2.45, 2.75) is 30.3 Å². The Morgan fingerprint density at radius 2 is 1.77 bits per heavy atom. The number of halogens is 1. The number of nitrogens with zero attached hydrogens (tertiary/aromatic N) is 3. The van der Waals surface area contributed by atoms with Crippen LogP contribution in [0.25, 0.3) is 0 Å². The van der Waals surface area contributed by atoms with Gasteiger partial charge >= 0.3 is 0 Å². The fraction of sp³-hybridized carbons (Fsp3) is 0.364. The molecule has 0 aromatic heterocycles. The Morgan fingerprint density at radius 1 is 1.10 bits per heavy atom. The minimum absolute atomic E-state index is 0.0747. The first kappa shape index (κ1) is 21.8. The largest absolute Gasteiger partial charge is 0.333 e. The van der Waals surface area contributed by atoms with Gasteiger partial charge in [0.1, 0.15) is 4.90 Å². The Bertz CT molecular complexity index is 1130. The van der Waals surface area contributed by atoms with Gasteiger partial charge < -0.3 is 9.80 Å². The Balaban J connectivity index is 1.63. The molecule has 7 nitrogen and oxygen atoms in total. The van der Waals surface area contributed by atoms with Crippen molar-refractivity contribution in [1.29, 1.82) is 0 Å². The molecule has 1 aliphatic heterocycles. The fourth-order valence-electron chi connectivity index (χ4n) is 3.62. The molecule has 2 aromatic rings. The monoisotopic (exact) mass is 461 g/mol. The SMILES string of the molecule is CN(C)CCN(Cc1ccc(Cl)cc1)C(=O)c1ccc2c(c1)S(=O)(=O)N(C1CC1)C2=O. The summed E-state index contributed by atoms with van der Waals surface area (Å²) in [5, 5.41) is 0.614. The Hall–Kier alpha value is -2.42. The second kappa shape index (κ2) is 8.26. The van der Waals surface area contributed by atoms with Gasteiger partial charge in [0.2, 0.25) is 0 Å². The van der Waals surface area contributed by atoms with Crippen LogP contribution in [0.15, 0.2) is 47.4 Å². The number of amides is 2. The van der Waals surface area contributed by atoms with Gasteiger partial charge in [0.15, 0.2) is 0 Å². The van der Waals surface area contributed by atoms with E-state index in [1.54, 1.807) is 17.0 Å². The lowest BCUT2D eigenvalue weighted by Gasteiger charge is -2.25. The predicted molar refractivity (Wildman–Crippen MR) is 118 cm³/mol. The maximum Gasteiger partial charge on any atom is 0.269 e. The van der Waals surface area contributed by atoms with E-state index < -0.39 is 15.9 Å². The van der Waals surface area contributed by atoms with E-state index in [-0.39, 0.29) is 28.0 Å². The van der Waals surface area contributed by atoms with Crippen molar-refractivity contribution in [3.05, 3.63) is 64.2 Å². The highest BCUT2D eigenvalue weighted by Gasteiger charge is 2.48. The summed E-state index contributed by atoms with van der Waals surface area (Å²) in [7, 11) is -0.0700. The molecule has 1 aliphatic carbocycles. The highest BCUT2D eigenvalue weighted by Crippen LogP contribution is 2.39. The molecule has 0 saturated heterocycles. The molecule has 0 atom stereocenters. The van der Waals surface area contributed by atoms with Crippen molar-refractivity contribution in [2.75, 3.05) is 27.2 Å². The number of carbonyl (C=O) groups is 2. The molecule has 0 spiro atoms. The number of fused-ring (bicyclic) bond motifs is 1. The Labute approximate surface area is 187 Å². The van der Waals surface area contributed by atoms with Gasteiger partial charge in [-0.2, -0.15) is 0 Å². The zero-order chi connectivity index (χ0) is 22.3. The number of benzene rings is 2. The Morgan fingerprint density at radius 3 is 2.39 bits per heavy atom. The van der Waals surface area contributed by atoms with Crippen LogP contribution in [0.3, 0.4) is 0 Å². The van der Waals surface area contributed by atoms with Crippen LogP contribution in [0.2, 0.25) is 5.02 Å². The molecular formula is C22H24ClN3O4S. The van der Waals surface area contributed by atoms with Crippen molar-refractivity contribution >= 4 is 33.4 Å². The topological polar surface area (TPSA) is 78.0 Å². The third-order valence-corrected chi connectivity index (χ3v) is 7.59. The van der Waals surface area contributed by atoms with E-state index in [2.05, 4.69) is 0 Å². The van der Waals surface area contributed by atoms with Crippen LogP contribution in [0.4, 0.5) is 0 Å². The number of sulfonamides is 1. The lowest BCUT2D eigenvalue weighted by Crippen LogP contribution is -2.36. The molecule has 1 fully saturated rings. The second-order valence-corrected chi connectivity index (χ2v) is 10.4. The molecule has 0 unspecified atom stereocenters. The molecule has 2 aliphatic rings. The smallest absolute Gasteiger partial charge is 0.269 e. The third-order valence-electron chi connectivity index (χ3n) is 5.47. The Kier molecular flexibility index (Phi) is 5.81. The van der Waals surface area contributed by atoms with E-state index in [4.69, 9.17) is 11.6 Å². The molecule has 2 amide bonds. The summed E-state index contributed by atoms with van der Waals surface area (Å²) >= 11 is 5.96. The summed E-state index contributed by atoms with van der Waals surface area (Å²) in [6.07, 6.45) is 1.37. The average molecular weight is 462 g/mol. The van der Waals surface area contributed by atoms with Gasteiger partial charge in [0, 0.05) is 36.3 Å². The van der Waals surface area contributed by atoms with Crippen LogP contribution in [-0.2, 0) is 16.6 Å². The van der Waals surface area contributed by atoms with Crippen LogP contribution in [0, 0.1) is 0 Å². The molecule has 31 heavy (non-hydrogen) atoms. The third kappa shape index (κ3) is 4.33. The van der Waals surface area contributed by atoms with Gasteiger partial charge in [-0.25, -0.2) is 12.7 Å². The lowest BCUT2D eigenvalue weighted by molar-refractivity contribution is 0.0730. The van der Waals surface area contributed by atoms with Gasteiger partial charge in [-0.1, -0.05) is 23.7 Å². The number of likely N-dealkylation sites (N-methyl/N-ethyl adjacent to an activating group) is 1. The summed E-state index contributed by atoms with van der Waals surface area (Å²) in [6.45, 7) is 1.47. The number of rotatable bonds is 7. The number of hydrogen-bond donors (Lipinski definition) is 0. The number of hydrogen-bond acceptors (Lipinski definition) is 5. The minimum Gasteiger partial charge on any atom is -0.333 e. The predicted octanol–water partition coefficient (Wildman–Crippen LogP) is 2.85. The van der Waals surface area contributed by atoms with Crippen LogP contribution >= 0.6 is 11.6 Å². The van der Waals surface area contributed by atoms with E-state index >= 15 is 0 Å². The van der Waals surface area contributed by atoms with Crippen molar-refractivity contribution in [2.24, 2.45) is 0 Å². The molecule has 4 rings (SSSR count). The summed E-state index contributed by atoms with van der Waals surface area (Å²) < 4.78 is 26.8. The molecular weight excluding hydrogens is 438 g/mol. The first-order valence-electron chi connectivity index (χ1n) is 10.1. The van der Waals surface area contributed by atoms with E-state index in [0.29, 0.717) is 37.5 Å². The molecule has 1 heterocycles. The van der Waals surface area contributed by atoms with Crippen molar-refractivity contribution in [3.8, 4) is 0 Å². The first-order chi connectivity index (χ1) is 14.7. The van der Waals surface area contributed by atoms with Crippen LogP contribution in [0.5, 0.6) is 0 Å². The lowest BCUT2D eigenvalue weighted by atomic mass is 10.1. The van der Waals surface area contributed by atoms with Gasteiger partial charge in [-0.05, 0) is 62.8 Å². The van der Waals surface area contributed by atoms with Crippen LogP contribution in [0.1, 0.15) is 39.1 Å². The van der Waals surface area contributed by atoms with Gasteiger partial charge in [-0.3, -0.25) is 9.59 Å². The second-order valence-electron chi connectivity index (χ2n) is 8.20.